The Kier molecular flexibility index (Phi) is 26.3. The van der Waals surface area contributed by atoms with Gasteiger partial charge in [-0.1, -0.05) is 86.4 Å². The number of aromatic amines is 4. The average molecular weight is 1700 g/mol. The molecule has 122 heavy (non-hydrogen) atoms. The first kappa shape index (κ1) is 86.9. The maximum Gasteiger partial charge on any atom is 0.349 e. The molecule has 8 heterocycles. The van der Waals surface area contributed by atoms with Crippen molar-refractivity contribution in [2.45, 2.75) is 134 Å². The third-order valence-electron chi connectivity index (χ3n) is 21.0. The van der Waals surface area contributed by atoms with Gasteiger partial charge in [-0.15, -0.1) is 0 Å². The van der Waals surface area contributed by atoms with E-state index < -0.39 is 68.3 Å². The molecule has 0 aliphatic carbocycles. The highest BCUT2D eigenvalue weighted by Crippen LogP contribution is 2.30. The zero-order valence-corrected chi connectivity index (χ0v) is 70.0. The van der Waals surface area contributed by atoms with Crippen LogP contribution in [0.3, 0.4) is 0 Å². The average Bonchev–Trinajstić information content (AvgIpc) is 0.770. The molecule has 0 amide bonds. The number of hydrogen-bond donors (Lipinski definition) is 8. The number of benzene rings is 8. The fourth-order valence-electron chi connectivity index (χ4n) is 13.9. The molecule has 0 bridgehead atoms. The lowest BCUT2D eigenvalue weighted by atomic mass is 9.87. The van der Waals surface area contributed by atoms with Crippen LogP contribution in [0.5, 0.6) is 0 Å². The number of halogens is 6. The zero-order chi connectivity index (χ0) is 87.3. The van der Waals surface area contributed by atoms with Gasteiger partial charge in [0.15, 0.2) is 57.7 Å². The molecule has 0 radical (unpaired) electrons. The number of H-pyrrole nitrogens is 4. The second kappa shape index (κ2) is 36.9. The van der Waals surface area contributed by atoms with Crippen molar-refractivity contribution < 1.29 is 17.6 Å². The highest BCUT2D eigenvalue weighted by atomic mass is 35.5. The van der Waals surface area contributed by atoms with Crippen LogP contribution in [0.4, 0.5) is 17.6 Å². The quantitative estimate of drug-likeness (QED) is 0.0200. The van der Waals surface area contributed by atoms with Crippen LogP contribution in [0.25, 0.3) is 90.2 Å². The van der Waals surface area contributed by atoms with Crippen LogP contribution in [0.1, 0.15) is 93.1 Å². The van der Waals surface area contributed by atoms with Gasteiger partial charge in [0.25, 0.3) is 22.2 Å². The molecular formula is C88H86Cl2F4N20O8. The van der Waals surface area contributed by atoms with Crippen LogP contribution in [0.15, 0.2) is 166 Å². The van der Waals surface area contributed by atoms with Gasteiger partial charge in [0.2, 0.25) is 0 Å². The summed E-state index contributed by atoms with van der Waals surface area (Å²) in [5, 5.41) is 13.3. The molecule has 16 rings (SSSR count). The van der Waals surface area contributed by atoms with Crippen molar-refractivity contribution in [1.29, 1.82) is 0 Å². The Hall–Kier alpha value is -13.0. The van der Waals surface area contributed by atoms with Gasteiger partial charge in [-0.05, 0) is 218 Å². The van der Waals surface area contributed by atoms with Crippen molar-refractivity contribution in [3.8, 4) is 46.1 Å². The smallest absolute Gasteiger partial charge is 0.321 e. The van der Waals surface area contributed by atoms with Gasteiger partial charge < -0.3 is 39.5 Å². The SMILES string of the molecule is Cc1cc2nc3c(=O)[nH]c(=O)nc-3n(CCNCc3ccc(C(C)(C)C)cc3)c2cc1C.Cc1cc2nc3c(=O)[nH]c(=O)nc-3n(CCNCc3ccc(Cl)c(F)c3)c2cc1C.Cc1cc2nc3c(=O)[nH]c(=O)nc-3n(CCNCc3ccc(F)c(Cl)c3)c2cc1C.Cc1cc2nc3c(=O)[nH]c(=O)nc-3n(CCNCc3ccc(F)c(F)c3)c2cc1C. The number of aryl methyl sites for hydroxylation is 8. The van der Waals surface area contributed by atoms with Gasteiger partial charge in [-0.3, -0.25) is 39.1 Å². The standard InChI is InChI=1S/C25H29N5O2.2C21H19ClFN5O2.C21H19F2N5O2/c1-15-12-19-20(13-16(15)2)30(22-21(27-19)23(31)29-24(32)28-22)11-10-26-14-17-6-8-18(9-7-17)25(3,4)5;1-11-7-16-17(8-12(11)2)28(19-18(25-16)20(29)27-21(30)26-19)6-5-24-10-13-3-4-15(23)14(22)9-13;2*1-11-7-16-17(8-12(11)2)28(19-18(25-16)20(29)27-21(30)26-19)6-5-24-10-13-3-4-14(22)15(23)9-13/h6-9,12-13,26H,10-11,14H2,1-5H3,(H,29,31,32);3*3-4,7-9,24H,5-6,10H2,1-2H3,(H,27,29,30). The highest BCUT2D eigenvalue weighted by molar-refractivity contribution is 6.31. The third kappa shape index (κ3) is 19.9. The first-order chi connectivity index (χ1) is 58.1. The number of fused-ring (bicyclic) bond motifs is 8. The van der Waals surface area contributed by atoms with E-state index in [2.05, 4.69) is 126 Å². The Morgan fingerprint density at radius 3 is 0.877 bits per heavy atom. The summed E-state index contributed by atoms with van der Waals surface area (Å²) in [6, 6.07) is 37.2. The lowest BCUT2D eigenvalue weighted by Gasteiger charge is -2.19. The number of nitrogens with one attached hydrogen (secondary N) is 8. The van der Waals surface area contributed by atoms with Crippen LogP contribution in [-0.4, -0.2) is 104 Å². The van der Waals surface area contributed by atoms with Crippen LogP contribution >= 0.6 is 23.2 Å². The summed E-state index contributed by atoms with van der Waals surface area (Å²) in [5.74, 6) is -1.72. The first-order valence-corrected chi connectivity index (χ1v) is 39.8. The fraction of sp³-hybridized carbons (Fsp3) is 0.273. The normalized spacial score (nSPS) is 11.6. The molecule has 8 aromatic carbocycles. The molecule has 8 aliphatic heterocycles. The Morgan fingerprint density at radius 2 is 0.582 bits per heavy atom. The highest BCUT2D eigenvalue weighted by Gasteiger charge is 2.25. The van der Waals surface area contributed by atoms with Crippen molar-refractivity contribution in [1.82, 2.24) is 99.3 Å². The largest absolute Gasteiger partial charge is 0.349 e. The van der Waals surface area contributed by atoms with E-state index in [1.165, 1.54) is 35.4 Å². The molecule has 8 N–H and O–H groups in total. The van der Waals surface area contributed by atoms with Crippen LogP contribution in [0.2, 0.25) is 10.0 Å². The summed E-state index contributed by atoms with van der Waals surface area (Å²) in [6.07, 6.45) is 0. The number of aromatic nitrogens is 16. The molecule has 34 heteroatoms. The van der Waals surface area contributed by atoms with E-state index in [9.17, 15) is 55.9 Å². The second-order valence-electron chi connectivity index (χ2n) is 30.8. The summed E-state index contributed by atoms with van der Waals surface area (Å²) in [5.41, 5.74) is 14.6. The molecule has 0 saturated carbocycles. The molecule has 0 atom stereocenters. The molecule has 0 fully saturated rings. The van der Waals surface area contributed by atoms with Gasteiger partial charge in [0.1, 0.15) is 11.6 Å². The molecule has 8 aromatic rings. The minimum atomic E-state index is -0.896. The molecule has 628 valence electrons. The van der Waals surface area contributed by atoms with Gasteiger partial charge in [-0.25, -0.2) is 56.7 Å². The lowest BCUT2D eigenvalue weighted by Crippen LogP contribution is -2.30. The minimum Gasteiger partial charge on any atom is -0.321 e. The van der Waals surface area contributed by atoms with Crippen molar-refractivity contribution in [3.63, 3.8) is 0 Å². The zero-order valence-electron chi connectivity index (χ0n) is 68.5. The summed E-state index contributed by atoms with van der Waals surface area (Å²) >= 11 is 11.5. The summed E-state index contributed by atoms with van der Waals surface area (Å²) in [6.45, 7) is 28.4. The molecule has 0 unspecified atom stereocenters. The first-order valence-electron chi connectivity index (χ1n) is 39.0. The van der Waals surface area contributed by atoms with Crippen molar-refractivity contribution >= 4 is 67.3 Å². The number of rotatable bonds is 20. The Morgan fingerprint density at radius 1 is 0.311 bits per heavy atom. The summed E-state index contributed by atoms with van der Waals surface area (Å²) in [7, 11) is 0. The van der Waals surface area contributed by atoms with E-state index in [-0.39, 0.29) is 55.7 Å². The molecule has 8 aliphatic rings. The maximum atomic E-state index is 13.6. The van der Waals surface area contributed by atoms with Crippen LogP contribution < -0.4 is 66.3 Å². The van der Waals surface area contributed by atoms with Crippen molar-refractivity contribution in [2.75, 3.05) is 26.2 Å². The van der Waals surface area contributed by atoms with Gasteiger partial charge in [-0.2, -0.15) is 19.9 Å². The number of hydrogen-bond acceptors (Lipinski definition) is 20. The van der Waals surface area contributed by atoms with Gasteiger partial charge >= 0.3 is 22.8 Å². The molecule has 0 aromatic heterocycles. The molecular weight excluding hydrogens is 1610 g/mol. The fourth-order valence-corrected chi connectivity index (χ4v) is 14.2. The topological polar surface area (TPSA) is 371 Å². The Labute approximate surface area is 703 Å². The van der Waals surface area contributed by atoms with Crippen LogP contribution in [0, 0.1) is 78.7 Å². The van der Waals surface area contributed by atoms with Crippen LogP contribution in [-0.2, 0) is 57.8 Å². The summed E-state index contributed by atoms with van der Waals surface area (Å²) < 4.78 is 60.7. The monoisotopic (exact) mass is 1700 g/mol. The second-order valence-corrected chi connectivity index (χ2v) is 31.6. The molecule has 0 spiro atoms. The molecule has 0 saturated heterocycles. The van der Waals surface area contributed by atoms with E-state index in [1.807, 2.05) is 118 Å². The van der Waals surface area contributed by atoms with Gasteiger partial charge in [0.05, 0.1) is 54.2 Å². The predicted octanol–water partition coefficient (Wildman–Crippen LogP) is 11.1. The minimum absolute atomic E-state index is 0.0760. The van der Waals surface area contributed by atoms with E-state index in [0.29, 0.717) is 105 Å². The van der Waals surface area contributed by atoms with E-state index in [1.54, 1.807) is 22.8 Å². The van der Waals surface area contributed by atoms with Gasteiger partial charge in [0, 0.05) is 78.5 Å². The number of nitrogens with zero attached hydrogens (tertiary/aromatic N) is 12. The van der Waals surface area contributed by atoms with Crippen molar-refractivity contribution in [2.24, 2.45) is 0 Å². The Bertz CT molecular complexity index is 6590. The van der Waals surface area contributed by atoms with E-state index in [4.69, 9.17) is 23.2 Å². The van der Waals surface area contributed by atoms with E-state index in [0.717, 1.165) is 96.4 Å². The predicted molar refractivity (Wildman–Crippen MR) is 463 cm³/mol. The Balaban J connectivity index is 0.000000140. The van der Waals surface area contributed by atoms with E-state index >= 15 is 0 Å². The maximum absolute atomic E-state index is 13.6. The summed E-state index contributed by atoms with van der Waals surface area (Å²) in [4.78, 5) is 139. The third-order valence-corrected chi connectivity index (χ3v) is 21.6. The molecule has 28 nitrogen and oxygen atoms in total. The lowest BCUT2D eigenvalue weighted by molar-refractivity contribution is 0.505. The van der Waals surface area contributed by atoms with Crippen molar-refractivity contribution in [3.05, 3.63) is 316 Å².